The molecule has 0 spiro atoms. The van der Waals surface area contributed by atoms with Gasteiger partial charge in [-0.3, -0.25) is 9.78 Å². The summed E-state index contributed by atoms with van der Waals surface area (Å²) in [6.45, 7) is 1.89. The van der Waals surface area contributed by atoms with Crippen LogP contribution in [0.3, 0.4) is 0 Å². The van der Waals surface area contributed by atoms with Gasteiger partial charge in [-0.1, -0.05) is 17.7 Å². The molecule has 0 bridgehead atoms. The average molecular weight is 352 g/mol. The number of aromatic nitrogens is 1. The first-order valence-electron chi connectivity index (χ1n) is 7.28. The molecule has 0 saturated heterocycles. The number of halogens is 2. The van der Waals surface area contributed by atoms with Gasteiger partial charge in [-0.25, -0.2) is 0 Å². The number of nitrogens with zero attached hydrogens (tertiary/aromatic N) is 2. The Morgan fingerprint density at radius 2 is 2.04 bits per heavy atom. The van der Waals surface area contributed by atoms with Crippen molar-refractivity contribution in [1.29, 1.82) is 0 Å². The second kappa shape index (κ2) is 6.87. The fraction of sp³-hybridized carbons (Fsp3) is 0.294. The van der Waals surface area contributed by atoms with Gasteiger partial charge in [0.2, 0.25) is 5.91 Å². The van der Waals surface area contributed by atoms with Gasteiger partial charge in [-0.05, 0) is 36.6 Å². The van der Waals surface area contributed by atoms with Gasteiger partial charge in [0.15, 0.2) is 0 Å². The van der Waals surface area contributed by atoms with E-state index < -0.39 is 0 Å². The van der Waals surface area contributed by atoms with E-state index in [1.54, 1.807) is 17.3 Å². The van der Waals surface area contributed by atoms with Crippen molar-refractivity contribution in [2.45, 2.75) is 25.8 Å². The first-order chi connectivity index (χ1) is 10.5. The molecule has 2 aromatic rings. The van der Waals surface area contributed by atoms with Crippen molar-refractivity contribution in [3.63, 3.8) is 0 Å². The molecule has 0 unspecified atom stereocenters. The van der Waals surface area contributed by atoms with Crippen LogP contribution in [-0.4, -0.2) is 17.9 Å². The van der Waals surface area contributed by atoms with Gasteiger partial charge in [0, 0.05) is 48.7 Å². The highest BCUT2D eigenvalue weighted by Gasteiger charge is 2.21. The topological polar surface area (TPSA) is 59.2 Å². The van der Waals surface area contributed by atoms with Crippen molar-refractivity contribution < 1.29 is 4.79 Å². The van der Waals surface area contributed by atoms with Crippen molar-refractivity contribution >= 4 is 35.6 Å². The summed E-state index contributed by atoms with van der Waals surface area (Å²) >= 11 is 6.49. The van der Waals surface area contributed by atoms with Crippen LogP contribution in [0.4, 0.5) is 5.69 Å². The Balaban J connectivity index is 0.00000192. The Morgan fingerprint density at radius 3 is 2.74 bits per heavy atom. The van der Waals surface area contributed by atoms with Gasteiger partial charge >= 0.3 is 0 Å². The lowest BCUT2D eigenvalue weighted by Gasteiger charge is -2.26. The number of hydrogen-bond donors (Lipinski definition) is 1. The Hall–Kier alpha value is -1.62. The zero-order valence-corrected chi connectivity index (χ0v) is 14.6. The van der Waals surface area contributed by atoms with Crippen LogP contribution in [0.1, 0.15) is 30.5 Å². The van der Waals surface area contributed by atoms with E-state index in [2.05, 4.69) is 11.1 Å². The molecule has 1 aromatic carbocycles. The van der Waals surface area contributed by atoms with E-state index in [1.165, 1.54) is 0 Å². The lowest BCUT2D eigenvalue weighted by Crippen LogP contribution is -2.30. The minimum atomic E-state index is -0.165. The first kappa shape index (κ1) is 17.7. The van der Waals surface area contributed by atoms with E-state index in [0.29, 0.717) is 11.4 Å². The monoisotopic (exact) mass is 351 g/mol. The third-order valence-electron chi connectivity index (χ3n) is 4.13. The highest BCUT2D eigenvalue weighted by Crippen LogP contribution is 2.36. The van der Waals surface area contributed by atoms with E-state index in [9.17, 15) is 4.79 Å². The predicted octanol–water partition coefficient (Wildman–Crippen LogP) is 3.75. The molecule has 1 aliphatic heterocycles. The molecule has 1 aromatic heterocycles. The van der Waals surface area contributed by atoms with Gasteiger partial charge in [-0.2, -0.15) is 0 Å². The number of pyridine rings is 1. The van der Waals surface area contributed by atoms with E-state index in [4.69, 9.17) is 17.3 Å². The summed E-state index contributed by atoms with van der Waals surface area (Å²) in [5.41, 5.74) is 10.8. The summed E-state index contributed by atoms with van der Waals surface area (Å²) in [7, 11) is 1.81. The molecule has 1 amide bonds. The van der Waals surface area contributed by atoms with E-state index in [1.807, 2.05) is 26.1 Å². The van der Waals surface area contributed by atoms with Crippen LogP contribution in [0.15, 0.2) is 30.6 Å². The molecular weight excluding hydrogens is 333 g/mol. The molecule has 0 saturated carbocycles. The quantitative estimate of drug-likeness (QED) is 0.895. The highest BCUT2D eigenvalue weighted by atomic mass is 35.5. The molecular formula is C17H19Cl2N3O. The molecule has 2 N–H and O–H groups in total. The molecule has 6 heteroatoms. The van der Waals surface area contributed by atoms with Crippen LogP contribution in [0.5, 0.6) is 0 Å². The number of benzene rings is 1. The fourth-order valence-corrected chi connectivity index (χ4v) is 3.18. The lowest BCUT2D eigenvalue weighted by atomic mass is 9.96. The van der Waals surface area contributed by atoms with Crippen LogP contribution < -0.4 is 10.6 Å². The molecule has 23 heavy (non-hydrogen) atoms. The number of rotatable bonds is 2. The number of carbonyl (C=O) groups is 1. The van der Waals surface area contributed by atoms with E-state index in [-0.39, 0.29) is 24.4 Å². The highest BCUT2D eigenvalue weighted by molar-refractivity contribution is 6.34. The maximum Gasteiger partial charge on any atom is 0.227 e. The number of nitrogens with two attached hydrogens (primary N) is 1. The number of hydrogen-bond acceptors (Lipinski definition) is 3. The number of anilines is 1. The summed E-state index contributed by atoms with van der Waals surface area (Å²) in [6.07, 6.45) is 4.76. The number of amides is 1. The fourth-order valence-electron chi connectivity index (χ4n) is 2.80. The van der Waals surface area contributed by atoms with Crippen molar-refractivity contribution in [1.82, 2.24) is 4.98 Å². The summed E-state index contributed by atoms with van der Waals surface area (Å²) in [6, 6.07) is 5.87. The van der Waals surface area contributed by atoms with Crippen LogP contribution >= 0.6 is 24.0 Å². The number of aryl methyl sites for hydroxylation is 1. The third kappa shape index (κ3) is 3.20. The molecule has 0 aliphatic carbocycles. The van der Waals surface area contributed by atoms with Crippen molar-refractivity contribution in [2.24, 2.45) is 5.73 Å². The summed E-state index contributed by atoms with van der Waals surface area (Å²) in [4.78, 5) is 17.7. The minimum Gasteiger partial charge on any atom is -0.324 e. The second-order valence-electron chi connectivity index (χ2n) is 5.68. The molecule has 4 nitrogen and oxygen atoms in total. The molecule has 0 radical (unpaired) electrons. The zero-order chi connectivity index (χ0) is 15.9. The van der Waals surface area contributed by atoms with Crippen LogP contribution in [0, 0.1) is 0 Å². The van der Waals surface area contributed by atoms with Gasteiger partial charge in [0.1, 0.15) is 0 Å². The second-order valence-corrected chi connectivity index (χ2v) is 6.05. The molecule has 1 aliphatic rings. The van der Waals surface area contributed by atoms with Crippen LogP contribution in [0.2, 0.25) is 5.02 Å². The Morgan fingerprint density at radius 1 is 1.30 bits per heavy atom. The number of fused-ring (bicyclic) bond motifs is 1. The molecule has 1 atom stereocenters. The standard InChI is InChI=1S/C17H18ClN3O.ClH/c1-10(19)13-8-20-9-14(17(13)18)11-3-5-15-12(7-11)4-6-16(22)21(15)2;/h3,5,7-10H,4,6,19H2,1-2H3;1H/t10-;/m1./s1. The summed E-state index contributed by atoms with van der Waals surface area (Å²) in [5, 5.41) is 0.644. The van der Waals surface area contributed by atoms with E-state index >= 15 is 0 Å². The van der Waals surface area contributed by atoms with Gasteiger partial charge in [-0.15, -0.1) is 12.4 Å². The molecule has 2 heterocycles. The predicted molar refractivity (Wildman–Crippen MR) is 96.3 cm³/mol. The molecule has 3 rings (SSSR count). The smallest absolute Gasteiger partial charge is 0.227 e. The Labute approximate surface area is 147 Å². The van der Waals surface area contributed by atoms with Gasteiger partial charge in [0.25, 0.3) is 0 Å². The van der Waals surface area contributed by atoms with Crippen LogP contribution in [0.25, 0.3) is 11.1 Å². The largest absolute Gasteiger partial charge is 0.324 e. The van der Waals surface area contributed by atoms with Crippen molar-refractivity contribution in [3.05, 3.63) is 46.7 Å². The maximum atomic E-state index is 11.8. The zero-order valence-electron chi connectivity index (χ0n) is 13.0. The third-order valence-corrected chi connectivity index (χ3v) is 4.55. The normalized spacial score (nSPS) is 15.0. The van der Waals surface area contributed by atoms with Crippen molar-refractivity contribution in [2.75, 3.05) is 11.9 Å². The SMILES string of the molecule is C[C@@H](N)c1cncc(-c2ccc3c(c2)CCC(=O)N3C)c1Cl.Cl. The maximum absolute atomic E-state index is 11.8. The molecule has 122 valence electrons. The summed E-state index contributed by atoms with van der Waals surface area (Å²) in [5.74, 6) is 0.152. The van der Waals surface area contributed by atoms with Gasteiger partial charge in [0.05, 0.1) is 5.02 Å². The van der Waals surface area contributed by atoms with E-state index in [0.717, 1.165) is 34.4 Å². The van der Waals surface area contributed by atoms with Crippen LogP contribution in [-0.2, 0) is 11.2 Å². The van der Waals surface area contributed by atoms with Crippen molar-refractivity contribution in [3.8, 4) is 11.1 Å². The summed E-state index contributed by atoms with van der Waals surface area (Å²) < 4.78 is 0. The average Bonchev–Trinajstić information content (AvgIpc) is 2.50. The minimum absolute atomic E-state index is 0. The Kier molecular flexibility index (Phi) is 5.30. The first-order valence-corrected chi connectivity index (χ1v) is 7.65. The lowest BCUT2D eigenvalue weighted by molar-refractivity contribution is -0.118. The Bertz CT molecular complexity index is 747. The molecule has 0 fully saturated rings. The van der Waals surface area contributed by atoms with Gasteiger partial charge < -0.3 is 10.6 Å². The number of carbonyl (C=O) groups excluding carboxylic acids is 1.